The molecule has 0 amide bonds. The van der Waals surface area contributed by atoms with Crippen molar-refractivity contribution in [1.82, 2.24) is 10.4 Å². The molecule has 1 atom stereocenters. The van der Waals surface area contributed by atoms with Gasteiger partial charge in [-0.15, -0.1) is 0 Å². The van der Waals surface area contributed by atoms with Gasteiger partial charge in [0, 0.05) is 17.4 Å². The lowest BCUT2D eigenvalue weighted by molar-refractivity contribution is 0.630. The van der Waals surface area contributed by atoms with Gasteiger partial charge in [0.1, 0.15) is 0 Å². The van der Waals surface area contributed by atoms with Crippen LogP contribution in [0.3, 0.4) is 0 Å². The third kappa shape index (κ3) is 2.70. The Morgan fingerprint density at radius 3 is 2.61 bits per heavy atom. The fraction of sp³-hybridized carbons (Fsp3) is 0.214. The number of hydrogen-bond donors (Lipinski definition) is 2. The maximum absolute atomic E-state index is 5.90. The van der Waals surface area contributed by atoms with E-state index in [0.717, 1.165) is 22.6 Å². The molecule has 0 aliphatic carbocycles. The van der Waals surface area contributed by atoms with Crippen LogP contribution in [-0.4, -0.2) is 4.98 Å². The highest BCUT2D eigenvalue weighted by Gasteiger charge is 2.15. The smallest absolute Gasteiger partial charge is 0.0713 e. The monoisotopic (exact) mass is 261 g/mol. The molecule has 0 saturated heterocycles. The van der Waals surface area contributed by atoms with Gasteiger partial charge >= 0.3 is 0 Å². The summed E-state index contributed by atoms with van der Waals surface area (Å²) in [4.78, 5) is 4.15. The molecule has 0 fully saturated rings. The van der Waals surface area contributed by atoms with Crippen LogP contribution >= 0.6 is 11.6 Å². The molecule has 1 aromatic carbocycles. The second kappa shape index (κ2) is 5.96. The number of nitrogens with two attached hydrogens (primary N) is 1. The maximum atomic E-state index is 5.90. The molecule has 94 valence electrons. The number of benzene rings is 1. The molecule has 3 N–H and O–H groups in total. The van der Waals surface area contributed by atoms with E-state index in [0.29, 0.717) is 0 Å². The average Bonchev–Trinajstić information content (AvgIpc) is 2.42. The topological polar surface area (TPSA) is 50.9 Å². The number of nitrogens with zero attached hydrogens (tertiary/aromatic N) is 1. The number of rotatable bonds is 4. The predicted octanol–water partition coefficient (Wildman–Crippen LogP) is 2.85. The highest BCUT2D eigenvalue weighted by atomic mass is 35.5. The first-order chi connectivity index (χ1) is 8.76. The molecular formula is C14H16ClN3. The number of nitrogens with one attached hydrogen (secondary N) is 1. The average molecular weight is 262 g/mol. The molecule has 2 aromatic rings. The molecule has 1 heterocycles. The normalized spacial score (nSPS) is 12.4. The molecule has 0 spiro atoms. The van der Waals surface area contributed by atoms with E-state index in [2.05, 4.69) is 17.3 Å². The Labute approximate surface area is 112 Å². The Kier molecular flexibility index (Phi) is 4.31. The zero-order valence-electron chi connectivity index (χ0n) is 10.2. The first kappa shape index (κ1) is 13.0. The van der Waals surface area contributed by atoms with Crippen molar-refractivity contribution in [1.29, 1.82) is 0 Å². The molecule has 0 radical (unpaired) electrons. The van der Waals surface area contributed by atoms with Crippen molar-refractivity contribution in [2.24, 2.45) is 5.84 Å². The quantitative estimate of drug-likeness (QED) is 0.657. The fourth-order valence-corrected chi connectivity index (χ4v) is 2.16. The molecule has 2 rings (SSSR count). The van der Waals surface area contributed by atoms with Crippen molar-refractivity contribution in [2.45, 2.75) is 19.4 Å². The van der Waals surface area contributed by atoms with E-state index in [-0.39, 0.29) is 6.04 Å². The second-order valence-corrected chi connectivity index (χ2v) is 4.52. The highest BCUT2D eigenvalue weighted by Crippen LogP contribution is 2.25. The Morgan fingerprint density at radius 2 is 2.00 bits per heavy atom. The van der Waals surface area contributed by atoms with Crippen molar-refractivity contribution in [2.75, 3.05) is 0 Å². The minimum absolute atomic E-state index is 0.0415. The summed E-state index contributed by atoms with van der Waals surface area (Å²) in [6.45, 7) is 2.11. The first-order valence-electron chi connectivity index (χ1n) is 5.90. The third-order valence-electron chi connectivity index (χ3n) is 3.00. The van der Waals surface area contributed by atoms with Crippen LogP contribution in [0.25, 0.3) is 0 Å². The Hall–Kier alpha value is -1.42. The highest BCUT2D eigenvalue weighted by molar-refractivity contribution is 6.30. The summed E-state index contributed by atoms with van der Waals surface area (Å²) in [5.74, 6) is 5.70. The summed E-state index contributed by atoms with van der Waals surface area (Å²) < 4.78 is 0. The zero-order chi connectivity index (χ0) is 13.0. The Bertz CT molecular complexity index is 511. The van der Waals surface area contributed by atoms with Gasteiger partial charge in [0.2, 0.25) is 0 Å². The van der Waals surface area contributed by atoms with Gasteiger partial charge in [-0.1, -0.05) is 30.7 Å². The van der Waals surface area contributed by atoms with Crippen molar-refractivity contribution in [3.05, 3.63) is 64.4 Å². The van der Waals surface area contributed by atoms with Crippen LogP contribution in [-0.2, 0) is 6.42 Å². The van der Waals surface area contributed by atoms with Gasteiger partial charge in [-0.3, -0.25) is 10.8 Å². The molecule has 18 heavy (non-hydrogen) atoms. The molecule has 1 aromatic heterocycles. The number of hydrazine groups is 1. The third-order valence-corrected chi connectivity index (χ3v) is 3.26. The molecule has 0 aliphatic heterocycles. The Morgan fingerprint density at radius 1 is 1.28 bits per heavy atom. The van der Waals surface area contributed by atoms with Crippen LogP contribution in [0.1, 0.15) is 29.7 Å². The largest absolute Gasteiger partial charge is 0.271 e. The van der Waals surface area contributed by atoms with Crippen LogP contribution in [0.2, 0.25) is 5.02 Å². The number of aryl methyl sites for hydroxylation is 1. The van der Waals surface area contributed by atoms with E-state index in [1.54, 1.807) is 6.20 Å². The summed E-state index contributed by atoms with van der Waals surface area (Å²) in [5, 5.41) is 0.722. The zero-order valence-corrected chi connectivity index (χ0v) is 11.0. The van der Waals surface area contributed by atoms with Gasteiger partial charge in [-0.2, -0.15) is 0 Å². The van der Waals surface area contributed by atoms with Crippen molar-refractivity contribution in [3.8, 4) is 0 Å². The van der Waals surface area contributed by atoms with Gasteiger partial charge in [-0.25, -0.2) is 5.43 Å². The van der Waals surface area contributed by atoms with Crippen LogP contribution in [0.4, 0.5) is 0 Å². The Balaban J connectivity index is 2.41. The van der Waals surface area contributed by atoms with E-state index >= 15 is 0 Å². The number of hydrogen-bond acceptors (Lipinski definition) is 3. The van der Waals surface area contributed by atoms with Gasteiger partial charge < -0.3 is 0 Å². The standard InChI is InChI=1S/C14H16ClN3/c1-2-10-9-17-8-7-13(10)14(18-16)11-3-5-12(15)6-4-11/h3-9,14,18H,2,16H2,1H3. The van der Waals surface area contributed by atoms with E-state index in [4.69, 9.17) is 17.4 Å². The molecule has 3 nitrogen and oxygen atoms in total. The van der Waals surface area contributed by atoms with Gasteiger partial charge in [0.15, 0.2) is 0 Å². The molecule has 0 aliphatic rings. The lowest BCUT2D eigenvalue weighted by Crippen LogP contribution is -2.29. The summed E-state index contributed by atoms with van der Waals surface area (Å²) in [6, 6.07) is 9.65. The van der Waals surface area contributed by atoms with E-state index in [1.807, 2.05) is 36.5 Å². The predicted molar refractivity (Wildman–Crippen MR) is 74.2 cm³/mol. The SMILES string of the molecule is CCc1cnccc1C(NN)c1ccc(Cl)cc1. The number of aromatic nitrogens is 1. The van der Waals surface area contributed by atoms with Crippen LogP contribution in [0, 0.1) is 0 Å². The lowest BCUT2D eigenvalue weighted by Gasteiger charge is -2.19. The second-order valence-electron chi connectivity index (χ2n) is 4.08. The van der Waals surface area contributed by atoms with E-state index < -0.39 is 0 Å². The molecule has 0 bridgehead atoms. The fourth-order valence-electron chi connectivity index (χ4n) is 2.04. The van der Waals surface area contributed by atoms with E-state index in [9.17, 15) is 0 Å². The van der Waals surface area contributed by atoms with Crippen molar-refractivity contribution in [3.63, 3.8) is 0 Å². The van der Waals surface area contributed by atoms with Gasteiger partial charge in [0.05, 0.1) is 6.04 Å². The van der Waals surface area contributed by atoms with Crippen LogP contribution < -0.4 is 11.3 Å². The van der Waals surface area contributed by atoms with Crippen molar-refractivity contribution < 1.29 is 0 Å². The summed E-state index contributed by atoms with van der Waals surface area (Å²) >= 11 is 5.90. The van der Waals surface area contributed by atoms with Crippen molar-refractivity contribution >= 4 is 11.6 Å². The summed E-state index contributed by atoms with van der Waals surface area (Å²) in [7, 11) is 0. The molecule has 0 saturated carbocycles. The van der Waals surface area contributed by atoms with E-state index in [1.165, 1.54) is 5.56 Å². The van der Waals surface area contributed by atoms with Gasteiger partial charge in [0.25, 0.3) is 0 Å². The molecular weight excluding hydrogens is 246 g/mol. The lowest BCUT2D eigenvalue weighted by atomic mass is 9.95. The molecule has 1 unspecified atom stereocenters. The summed E-state index contributed by atoms with van der Waals surface area (Å²) in [6.07, 6.45) is 4.60. The van der Waals surface area contributed by atoms with Crippen LogP contribution in [0.5, 0.6) is 0 Å². The first-order valence-corrected chi connectivity index (χ1v) is 6.28. The molecule has 4 heteroatoms. The van der Waals surface area contributed by atoms with Crippen LogP contribution in [0.15, 0.2) is 42.7 Å². The summed E-state index contributed by atoms with van der Waals surface area (Å²) in [5.41, 5.74) is 6.28. The number of halogens is 1. The number of pyridine rings is 1. The minimum Gasteiger partial charge on any atom is -0.271 e. The van der Waals surface area contributed by atoms with Gasteiger partial charge in [-0.05, 0) is 41.3 Å². The minimum atomic E-state index is -0.0415. The maximum Gasteiger partial charge on any atom is 0.0713 e.